The first-order valence-corrected chi connectivity index (χ1v) is 13.0. The third kappa shape index (κ3) is 5.37. The summed E-state index contributed by atoms with van der Waals surface area (Å²) < 4.78 is 0. The molecule has 3 rings (SSSR count). The molecule has 4 heteroatoms. The summed E-state index contributed by atoms with van der Waals surface area (Å²) in [4.78, 5) is 15.4. The minimum Gasteiger partial charge on any atom is -0.507 e. The van der Waals surface area contributed by atoms with Crippen molar-refractivity contribution >= 4 is 17.3 Å². The predicted octanol–water partition coefficient (Wildman–Crippen LogP) is 7.45. The van der Waals surface area contributed by atoms with Gasteiger partial charge in [-0.15, -0.1) is 0 Å². The summed E-state index contributed by atoms with van der Waals surface area (Å²) in [6, 6.07) is 11.3. The van der Waals surface area contributed by atoms with Gasteiger partial charge in [0.1, 0.15) is 5.75 Å². The van der Waals surface area contributed by atoms with Crippen LogP contribution in [0.3, 0.4) is 0 Å². The Morgan fingerprint density at radius 3 is 2.06 bits per heavy atom. The molecule has 4 nitrogen and oxygen atoms in total. The van der Waals surface area contributed by atoms with Gasteiger partial charge in [-0.25, -0.2) is 0 Å². The van der Waals surface area contributed by atoms with Crippen molar-refractivity contribution in [1.82, 2.24) is 0 Å². The summed E-state index contributed by atoms with van der Waals surface area (Å²) in [5.41, 5.74) is 6.07. The number of amides is 1. The van der Waals surface area contributed by atoms with Crippen LogP contribution in [0.25, 0.3) is 0 Å². The normalized spacial score (nSPS) is 17.6. The van der Waals surface area contributed by atoms with Crippen LogP contribution in [0.1, 0.15) is 105 Å². The number of hydrogen-bond acceptors (Lipinski definition) is 3. The maximum atomic E-state index is 12.9. The zero-order chi connectivity index (χ0) is 26.5. The Morgan fingerprint density at radius 1 is 1.03 bits per heavy atom. The molecular formula is C31H46N2O2. The molecular weight excluding hydrogens is 432 g/mol. The highest BCUT2D eigenvalue weighted by atomic mass is 16.3. The van der Waals surface area contributed by atoms with Crippen molar-refractivity contribution in [2.24, 2.45) is 0 Å². The van der Waals surface area contributed by atoms with Crippen LogP contribution in [0.4, 0.5) is 11.4 Å². The fourth-order valence-electron chi connectivity index (χ4n) is 5.34. The van der Waals surface area contributed by atoms with E-state index in [9.17, 15) is 9.90 Å². The maximum absolute atomic E-state index is 12.9. The minimum absolute atomic E-state index is 0.00837. The number of hydrogen-bond donors (Lipinski definition) is 2. The first-order chi connectivity index (χ1) is 15.9. The molecule has 192 valence electrons. The van der Waals surface area contributed by atoms with Crippen LogP contribution >= 0.6 is 0 Å². The molecule has 2 aromatic carbocycles. The van der Waals surface area contributed by atoms with E-state index in [1.165, 1.54) is 11.3 Å². The summed E-state index contributed by atoms with van der Waals surface area (Å²) in [6.07, 6.45) is 1.02. The number of carbonyl (C=O) groups excluding carboxylic acids is 1. The fourth-order valence-corrected chi connectivity index (χ4v) is 5.34. The van der Waals surface area contributed by atoms with E-state index < -0.39 is 0 Å². The lowest BCUT2D eigenvalue weighted by atomic mass is 9.78. The number of nitrogens with zero attached hydrogens (tertiary/aromatic N) is 1. The molecule has 0 spiro atoms. The molecule has 1 atom stereocenters. The Labute approximate surface area is 213 Å². The summed E-state index contributed by atoms with van der Waals surface area (Å²) in [6.45, 7) is 24.0. The molecule has 0 aliphatic carbocycles. The lowest BCUT2D eigenvalue weighted by Gasteiger charge is -2.34. The summed E-state index contributed by atoms with van der Waals surface area (Å²) in [5.74, 6) is 0.386. The number of rotatable bonds is 5. The average Bonchev–Trinajstić information content (AvgIpc) is 2.90. The molecule has 1 heterocycles. The first kappa shape index (κ1) is 27.1. The lowest BCUT2D eigenvalue weighted by molar-refractivity contribution is -0.116. The van der Waals surface area contributed by atoms with Gasteiger partial charge in [-0.2, -0.15) is 0 Å². The topological polar surface area (TPSA) is 52.6 Å². The summed E-state index contributed by atoms with van der Waals surface area (Å²) in [7, 11) is 0. The highest BCUT2D eigenvalue weighted by molar-refractivity contribution is 5.92. The van der Waals surface area contributed by atoms with E-state index in [-0.39, 0.29) is 22.2 Å². The van der Waals surface area contributed by atoms with Gasteiger partial charge >= 0.3 is 0 Å². The van der Waals surface area contributed by atoms with Crippen LogP contribution < -0.4 is 10.2 Å². The van der Waals surface area contributed by atoms with E-state index in [1.807, 2.05) is 6.07 Å². The monoisotopic (exact) mass is 478 g/mol. The number of nitrogens with one attached hydrogen (secondary N) is 1. The molecule has 0 bridgehead atoms. The van der Waals surface area contributed by atoms with E-state index in [2.05, 4.69) is 111 Å². The smallest absolute Gasteiger partial charge is 0.224 e. The van der Waals surface area contributed by atoms with Crippen molar-refractivity contribution < 1.29 is 9.90 Å². The number of anilines is 2. The second-order valence-corrected chi connectivity index (χ2v) is 13.2. The van der Waals surface area contributed by atoms with Crippen molar-refractivity contribution in [2.45, 2.75) is 117 Å². The highest BCUT2D eigenvalue weighted by Gasteiger charge is 2.42. The number of phenolic OH excluding ortho intramolecular Hbond substituents is 1. The van der Waals surface area contributed by atoms with Gasteiger partial charge in [0, 0.05) is 35.3 Å². The molecule has 1 amide bonds. The molecule has 1 unspecified atom stereocenters. The highest BCUT2D eigenvalue weighted by Crippen LogP contribution is 2.47. The van der Waals surface area contributed by atoms with Crippen LogP contribution in [-0.4, -0.2) is 23.1 Å². The number of carbonyl (C=O) groups is 1. The van der Waals surface area contributed by atoms with Gasteiger partial charge in [-0.05, 0) is 72.4 Å². The van der Waals surface area contributed by atoms with E-state index in [1.54, 1.807) is 0 Å². The van der Waals surface area contributed by atoms with Gasteiger partial charge in [0.15, 0.2) is 0 Å². The molecule has 1 aliphatic heterocycles. The number of phenols is 1. The van der Waals surface area contributed by atoms with Crippen LogP contribution in [0.5, 0.6) is 5.75 Å². The van der Waals surface area contributed by atoms with Gasteiger partial charge in [0.05, 0.1) is 0 Å². The fraction of sp³-hybridized carbons (Fsp3) is 0.581. The summed E-state index contributed by atoms with van der Waals surface area (Å²) in [5, 5.41) is 14.1. The Kier molecular flexibility index (Phi) is 7.11. The lowest BCUT2D eigenvalue weighted by Crippen LogP contribution is -2.42. The number of fused-ring (bicyclic) bond motifs is 1. The molecule has 0 saturated carbocycles. The minimum atomic E-state index is -0.181. The molecule has 0 fully saturated rings. The van der Waals surface area contributed by atoms with E-state index in [0.717, 1.165) is 22.4 Å². The van der Waals surface area contributed by atoms with Gasteiger partial charge < -0.3 is 15.3 Å². The van der Waals surface area contributed by atoms with Crippen LogP contribution in [0.2, 0.25) is 0 Å². The Bertz CT molecular complexity index is 1060. The molecule has 35 heavy (non-hydrogen) atoms. The Balaban J connectivity index is 1.80. The summed E-state index contributed by atoms with van der Waals surface area (Å²) >= 11 is 0. The SMILES string of the molecule is CC(C)N1c2cc(NC(=O)CCc3cc(C(C)(C)C)c(O)c(C(C)(C)C)c3)ccc2C(C)(C)C1C. The second kappa shape index (κ2) is 9.19. The van der Waals surface area contributed by atoms with Crippen molar-refractivity contribution in [1.29, 1.82) is 0 Å². The zero-order valence-electron chi connectivity index (χ0n) is 23.8. The first-order valence-electron chi connectivity index (χ1n) is 13.0. The average molecular weight is 479 g/mol. The van der Waals surface area contributed by atoms with Gasteiger partial charge in [0.2, 0.25) is 5.91 Å². The zero-order valence-corrected chi connectivity index (χ0v) is 23.8. The molecule has 0 aromatic heterocycles. The van der Waals surface area contributed by atoms with Gasteiger partial charge in [0.25, 0.3) is 0 Å². The Hall–Kier alpha value is -2.49. The van der Waals surface area contributed by atoms with Crippen molar-refractivity contribution in [3.05, 3.63) is 52.6 Å². The molecule has 1 aliphatic rings. The Morgan fingerprint density at radius 2 is 1.57 bits per heavy atom. The van der Waals surface area contributed by atoms with E-state index in [0.29, 0.717) is 30.7 Å². The third-order valence-electron chi connectivity index (χ3n) is 7.70. The number of benzene rings is 2. The maximum Gasteiger partial charge on any atom is 0.224 e. The molecule has 0 radical (unpaired) electrons. The van der Waals surface area contributed by atoms with E-state index in [4.69, 9.17) is 0 Å². The van der Waals surface area contributed by atoms with Gasteiger partial charge in [-0.1, -0.05) is 73.6 Å². The standard InChI is InChI=1S/C31H46N2O2/c1-19(2)33-20(3)31(10,11)23-14-13-22(18-26(23)33)32-27(34)15-12-21-16-24(29(4,5)6)28(35)25(17-21)30(7,8)9/h13-14,16-20,35H,12,15H2,1-11H3,(H,32,34). The van der Waals surface area contributed by atoms with Crippen molar-refractivity contribution in [2.75, 3.05) is 10.2 Å². The molecule has 0 saturated heterocycles. The van der Waals surface area contributed by atoms with Crippen LogP contribution in [-0.2, 0) is 27.5 Å². The molecule has 2 aromatic rings. The van der Waals surface area contributed by atoms with Crippen molar-refractivity contribution in [3.8, 4) is 5.75 Å². The predicted molar refractivity (Wildman–Crippen MR) is 149 cm³/mol. The van der Waals surface area contributed by atoms with Crippen molar-refractivity contribution in [3.63, 3.8) is 0 Å². The van der Waals surface area contributed by atoms with E-state index >= 15 is 0 Å². The third-order valence-corrected chi connectivity index (χ3v) is 7.70. The second-order valence-electron chi connectivity index (χ2n) is 13.2. The number of aromatic hydroxyl groups is 1. The number of aryl methyl sites for hydroxylation is 1. The van der Waals surface area contributed by atoms with Gasteiger partial charge in [-0.3, -0.25) is 4.79 Å². The largest absolute Gasteiger partial charge is 0.507 e. The van der Waals surface area contributed by atoms with Crippen LogP contribution in [0, 0.1) is 0 Å². The molecule has 2 N–H and O–H groups in total. The van der Waals surface area contributed by atoms with Crippen LogP contribution in [0.15, 0.2) is 30.3 Å². The quantitative estimate of drug-likeness (QED) is 0.469.